The van der Waals surface area contributed by atoms with Gasteiger partial charge in [-0.1, -0.05) is 24.3 Å². The number of carbonyl (C=O) groups is 2. The first kappa shape index (κ1) is 21.4. The first-order chi connectivity index (χ1) is 14.4. The second-order valence-corrected chi connectivity index (χ2v) is 6.97. The highest BCUT2D eigenvalue weighted by molar-refractivity contribution is 6.03. The normalized spacial score (nSPS) is 15.7. The Hall–Kier alpha value is -3.26. The van der Waals surface area contributed by atoms with Gasteiger partial charge in [-0.15, -0.1) is 0 Å². The van der Waals surface area contributed by atoms with E-state index in [2.05, 4.69) is 5.10 Å². The summed E-state index contributed by atoms with van der Waals surface area (Å²) < 4.78 is 23.4. The number of nitrogens with zero attached hydrogens (tertiary/aromatic N) is 3. The van der Waals surface area contributed by atoms with Crippen LogP contribution >= 0.6 is 0 Å². The Morgan fingerprint density at radius 2 is 1.80 bits per heavy atom. The predicted molar refractivity (Wildman–Crippen MR) is 110 cm³/mol. The maximum Gasteiger partial charge on any atom is 0.262 e. The van der Waals surface area contributed by atoms with Crippen LogP contribution in [0.4, 0.5) is 4.39 Å². The highest BCUT2D eigenvalue weighted by atomic mass is 19.1. The molecule has 2 amide bonds. The number of amides is 2. The van der Waals surface area contributed by atoms with E-state index in [1.807, 2.05) is 24.3 Å². The van der Waals surface area contributed by atoms with Crippen LogP contribution in [0.2, 0.25) is 0 Å². The van der Waals surface area contributed by atoms with Crippen molar-refractivity contribution in [2.24, 2.45) is 5.10 Å². The number of likely N-dealkylation sites (N-methyl/N-ethyl adjacent to an activating group) is 1. The molecule has 30 heavy (non-hydrogen) atoms. The van der Waals surface area contributed by atoms with E-state index >= 15 is 0 Å². The lowest BCUT2D eigenvalue weighted by molar-refractivity contribution is -0.142. The molecule has 0 fully saturated rings. The SMILES string of the molecule is COCC(=O)N(C)CC(=O)N1N=C(c2ccc(F)cc2)CC1c1ccc(OC)cc1. The topological polar surface area (TPSA) is 71.4 Å². The molecule has 1 atom stereocenters. The maximum absolute atomic E-state index is 13.3. The van der Waals surface area contributed by atoms with Gasteiger partial charge in [-0.25, -0.2) is 9.40 Å². The smallest absolute Gasteiger partial charge is 0.262 e. The average Bonchev–Trinajstić information content (AvgIpc) is 3.20. The van der Waals surface area contributed by atoms with Crippen LogP contribution in [0, 0.1) is 5.82 Å². The highest BCUT2D eigenvalue weighted by Gasteiger charge is 2.33. The Bertz CT molecular complexity index is 928. The third-order valence-corrected chi connectivity index (χ3v) is 4.91. The van der Waals surface area contributed by atoms with Crippen LogP contribution in [0.1, 0.15) is 23.6 Å². The van der Waals surface area contributed by atoms with Crippen molar-refractivity contribution in [3.63, 3.8) is 0 Å². The van der Waals surface area contributed by atoms with Gasteiger partial charge in [0.15, 0.2) is 0 Å². The van der Waals surface area contributed by atoms with Gasteiger partial charge in [-0.2, -0.15) is 5.10 Å². The monoisotopic (exact) mass is 413 g/mol. The van der Waals surface area contributed by atoms with Gasteiger partial charge in [0, 0.05) is 20.6 Å². The molecule has 1 unspecified atom stereocenters. The van der Waals surface area contributed by atoms with E-state index in [4.69, 9.17) is 9.47 Å². The molecule has 1 aliphatic heterocycles. The Labute approximate surface area is 174 Å². The first-order valence-electron chi connectivity index (χ1n) is 9.45. The minimum absolute atomic E-state index is 0.101. The Kier molecular flexibility index (Phi) is 6.79. The van der Waals surface area contributed by atoms with Crippen molar-refractivity contribution in [3.05, 3.63) is 65.5 Å². The van der Waals surface area contributed by atoms with E-state index < -0.39 is 0 Å². The van der Waals surface area contributed by atoms with Crippen LogP contribution in [0.25, 0.3) is 0 Å². The van der Waals surface area contributed by atoms with Crippen LogP contribution in [0.3, 0.4) is 0 Å². The van der Waals surface area contributed by atoms with Crippen LogP contribution in [-0.4, -0.2) is 61.9 Å². The molecule has 2 aromatic rings. The number of benzene rings is 2. The minimum Gasteiger partial charge on any atom is -0.497 e. The van der Waals surface area contributed by atoms with Crippen molar-refractivity contribution >= 4 is 17.5 Å². The average molecular weight is 413 g/mol. The Morgan fingerprint density at radius 3 is 2.40 bits per heavy atom. The van der Waals surface area contributed by atoms with Gasteiger partial charge in [-0.05, 0) is 35.4 Å². The lowest BCUT2D eigenvalue weighted by Crippen LogP contribution is -2.40. The fourth-order valence-electron chi connectivity index (χ4n) is 3.24. The molecule has 1 heterocycles. The number of methoxy groups -OCH3 is 2. The summed E-state index contributed by atoms with van der Waals surface area (Å²) >= 11 is 0. The summed E-state index contributed by atoms with van der Waals surface area (Å²) in [6.45, 7) is -0.231. The van der Waals surface area contributed by atoms with Crippen LogP contribution in [-0.2, 0) is 14.3 Å². The number of hydrazone groups is 1. The molecule has 0 aromatic heterocycles. The van der Waals surface area contributed by atoms with Crippen molar-refractivity contribution in [1.29, 1.82) is 0 Å². The molecule has 8 heteroatoms. The molecule has 1 aliphatic rings. The number of hydrogen-bond donors (Lipinski definition) is 0. The highest BCUT2D eigenvalue weighted by Crippen LogP contribution is 2.33. The summed E-state index contributed by atoms with van der Waals surface area (Å²) in [5.74, 6) is -0.247. The predicted octanol–water partition coefficient (Wildman–Crippen LogP) is 2.62. The van der Waals surface area contributed by atoms with Gasteiger partial charge in [0.2, 0.25) is 5.91 Å². The number of hydrogen-bond acceptors (Lipinski definition) is 5. The lowest BCUT2D eigenvalue weighted by Gasteiger charge is -2.25. The van der Waals surface area contributed by atoms with Crippen molar-refractivity contribution in [2.75, 3.05) is 34.4 Å². The molecule has 3 rings (SSSR count). The molecule has 0 saturated carbocycles. The van der Waals surface area contributed by atoms with Crippen molar-refractivity contribution in [2.45, 2.75) is 12.5 Å². The molecule has 0 saturated heterocycles. The lowest BCUT2D eigenvalue weighted by atomic mass is 9.98. The molecule has 0 bridgehead atoms. The summed E-state index contributed by atoms with van der Waals surface area (Å²) in [5, 5.41) is 5.92. The summed E-state index contributed by atoms with van der Waals surface area (Å²) in [5.41, 5.74) is 2.31. The van der Waals surface area contributed by atoms with E-state index in [1.165, 1.54) is 29.2 Å². The van der Waals surface area contributed by atoms with E-state index in [9.17, 15) is 14.0 Å². The van der Waals surface area contributed by atoms with E-state index in [1.54, 1.807) is 26.3 Å². The van der Waals surface area contributed by atoms with Gasteiger partial charge < -0.3 is 14.4 Å². The third kappa shape index (κ3) is 4.83. The molecule has 2 aromatic carbocycles. The Morgan fingerprint density at radius 1 is 1.13 bits per heavy atom. The standard InChI is InChI=1S/C22H24FN3O4/c1-25(22(28)14-29-2)13-21(27)26-20(16-6-10-18(30-3)11-7-16)12-19(24-26)15-4-8-17(23)9-5-15/h4-11,20H,12-14H2,1-3H3. The number of rotatable bonds is 7. The fraction of sp³-hybridized carbons (Fsp3) is 0.318. The van der Waals surface area contributed by atoms with Gasteiger partial charge in [0.1, 0.15) is 24.7 Å². The third-order valence-electron chi connectivity index (χ3n) is 4.91. The maximum atomic E-state index is 13.3. The zero-order chi connectivity index (χ0) is 21.7. The summed E-state index contributed by atoms with van der Waals surface area (Å²) in [6.07, 6.45) is 0.472. The largest absolute Gasteiger partial charge is 0.497 e. The van der Waals surface area contributed by atoms with Crippen molar-refractivity contribution in [3.8, 4) is 5.75 Å². The zero-order valence-corrected chi connectivity index (χ0v) is 17.2. The Balaban J connectivity index is 1.87. The van der Waals surface area contributed by atoms with Crippen LogP contribution in [0.15, 0.2) is 53.6 Å². The van der Waals surface area contributed by atoms with Gasteiger partial charge in [0.25, 0.3) is 5.91 Å². The summed E-state index contributed by atoms with van der Waals surface area (Å²) in [7, 11) is 4.55. The first-order valence-corrected chi connectivity index (χ1v) is 9.45. The number of carbonyl (C=O) groups excluding carboxylic acids is 2. The van der Waals surface area contributed by atoms with Crippen LogP contribution in [0.5, 0.6) is 5.75 Å². The molecule has 0 N–H and O–H groups in total. The van der Waals surface area contributed by atoms with Gasteiger partial charge in [0.05, 0.1) is 18.9 Å². The molecule has 0 radical (unpaired) electrons. The molecule has 0 aliphatic carbocycles. The van der Waals surface area contributed by atoms with Crippen molar-refractivity contribution in [1.82, 2.24) is 9.91 Å². The fourth-order valence-corrected chi connectivity index (χ4v) is 3.24. The molecular weight excluding hydrogens is 389 g/mol. The second kappa shape index (κ2) is 9.49. The number of halogens is 1. The van der Waals surface area contributed by atoms with Gasteiger partial charge in [-0.3, -0.25) is 9.59 Å². The van der Waals surface area contributed by atoms with E-state index in [0.29, 0.717) is 17.9 Å². The van der Waals surface area contributed by atoms with Crippen LogP contribution < -0.4 is 4.74 Å². The van der Waals surface area contributed by atoms with E-state index in [0.717, 1.165) is 11.1 Å². The summed E-state index contributed by atoms with van der Waals surface area (Å²) in [6, 6.07) is 13.1. The molecular formula is C22H24FN3O4. The van der Waals surface area contributed by atoms with E-state index in [-0.39, 0.29) is 36.8 Å². The molecule has 7 nitrogen and oxygen atoms in total. The minimum atomic E-state index is -0.339. The number of ether oxygens (including phenoxy) is 2. The van der Waals surface area contributed by atoms with Gasteiger partial charge >= 0.3 is 0 Å². The van der Waals surface area contributed by atoms with Crippen molar-refractivity contribution < 1.29 is 23.5 Å². The molecule has 158 valence electrons. The molecule has 0 spiro atoms. The summed E-state index contributed by atoms with van der Waals surface area (Å²) in [4.78, 5) is 26.3. The quantitative estimate of drug-likeness (QED) is 0.700. The zero-order valence-electron chi connectivity index (χ0n) is 17.2. The second-order valence-electron chi connectivity index (χ2n) is 6.97.